The fourth-order valence-electron chi connectivity index (χ4n) is 3.87. The molecule has 144 valence electrons. The fourth-order valence-corrected chi connectivity index (χ4v) is 4.98. The second-order valence-electron chi connectivity index (χ2n) is 7.57. The molecule has 0 unspecified atom stereocenters. The smallest absolute Gasteiger partial charge is 0.219 e. The molecule has 5 rings (SSSR count). The van der Waals surface area contributed by atoms with Gasteiger partial charge < -0.3 is 5.73 Å². The highest BCUT2D eigenvalue weighted by molar-refractivity contribution is 7.10. The Kier molecular flexibility index (Phi) is 4.36. The summed E-state index contributed by atoms with van der Waals surface area (Å²) in [6.45, 7) is 2.00. The number of rotatable bonds is 4. The molecule has 6 heteroatoms. The lowest BCUT2D eigenvalue weighted by Gasteiger charge is -2.40. The largest absolute Gasteiger partial charge is 0.368 e. The predicted molar refractivity (Wildman–Crippen MR) is 117 cm³/mol. The maximum Gasteiger partial charge on any atom is 0.219 e. The van der Waals surface area contributed by atoms with Gasteiger partial charge in [-0.05, 0) is 43.0 Å². The summed E-state index contributed by atoms with van der Waals surface area (Å²) in [4.78, 5) is 17.6. The number of thiazole rings is 1. The van der Waals surface area contributed by atoms with E-state index in [4.69, 9.17) is 10.7 Å². The van der Waals surface area contributed by atoms with Gasteiger partial charge in [0.25, 0.3) is 0 Å². The summed E-state index contributed by atoms with van der Waals surface area (Å²) in [7, 11) is 0. The quantitative estimate of drug-likeness (QED) is 0.521. The molecule has 3 heterocycles. The van der Waals surface area contributed by atoms with E-state index in [2.05, 4.69) is 50.7 Å². The molecular formula is C23H21N5S. The van der Waals surface area contributed by atoms with Crippen LogP contribution >= 0.6 is 11.3 Å². The van der Waals surface area contributed by atoms with Crippen molar-refractivity contribution < 1.29 is 0 Å². The van der Waals surface area contributed by atoms with Crippen molar-refractivity contribution in [3.8, 4) is 22.4 Å². The van der Waals surface area contributed by atoms with Gasteiger partial charge in [0.2, 0.25) is 5.95 Å². The van der Waals surface area contributed by atoms with Crippen LogP contribution in [0.3, 0.4) is 0 Å². The Bertz CT molecular complexity index is 1130. The van der Waals surface area contributed by atoms with Crippen LogP contribution in [0.4, 0.5) is 5.95 Å². The third-order valence-electron chi connectivity index (χ3n) is 5.77. The van der Waals surface area contributed by atoms with E-state index in [-0.39, 0.29) is 5.41 Å². The molecule has 0 atom stereocenters. The summed E-state index contributed by atoms with van der Waals surface area (Å²) in [5, 5.41) is 3.35. The van der Waals surface area contributed by atoms with Crippen LogP contribution in [0.2, 0.25) is 0 Å². The topological polar surface area (TPSA) is 77.6 Å². The maximum atomic E-state index is 5.60. The summed E-state index contributed by atoms with van der Waals surface area (Å²) in [6, 6.07) is 12.9. The molecule has 0 saturated heterocycles. The molecule has 1 aliphatic carbocycles. The lowest BCUT2D eigenvalue weighted by molar-refractivity contribution is 0.300. The van der Waals surface area contributed by atoms with Gasteiger partial charge in [-0.1, -0.05) is 30.7 Å². The zero-order chi connectivity index (χ0) is 19.8. The minimum absolute atomic E-state index is 0.0250. The van der Waals surface area contributed by atoms with E-state index in [1.807, 2.05) is 19.2 Å². The molecule has 0 spiro atoms. The highest BCUT2D eigenvalue weighted by Crippen LogP contribution is 2.50. The Balaban J connectivity index is 1.46. The lowest BCUT2D eigenvalue weighted by atomic mass is 9.65. The minimum atomic E-state index is 0.0250. The highest BCUT2D eigenvalue weighted by atomic mass is 32.1. The van der Waals surface area contributed by atoms with Crippen LogP contribution in [-0.4, -0.2) is 19.9 Å². The van der Waals surface area contributed by atoms with E-state index in [1.54, 1.807) is 23.7 Å². The van der Waals surface area contributed by atoms with Crippen molar-refractivity contribution in [3.63, 3.8) is 0 Å². The van der Waals surface area contributed by atoms with Gasteiger partial charge in [0.15, 0.2) is 0 Å². The van der Waals surface area contributed by atoms with Crippen LogP contribution in [0.15, 0.2) is 60.4 Å². The molecule has 2 N–H and O–H groups in total. The van der Waals surface area contributed by atoms with Crippen molar-refractivity contribution in [2.75, 3.05) is 5.73 Å². The Hall–Kier alpha value is -3.12. The van der Waals surface area contributed by atoms with Gasteiger partial charge in [-0.2, -0.15) is 0 Å². The second-order valence-corrected chi connectivity index (χ2v) is 8.43. The number of anilines is 1. The number of hydrogen-bond donors (Lipinski definition) is 1. The van der Waals surface area contributed by atoms with Crippen LogP contribution < -0.4 is 5.73 Å². The molecule has 0 aliphatic heterocycles. The van der Waals surface area contributed by atoms with Crippen LogP contribution in [0.25, 0.3) is 22.4 Å². The van der Waals surface area contributed by atoms with Gasteiger partial charge in [0, 0.05) is 46.2 Å². The zero-order valence-electron chi connectivity index (χ0n) is 16.2. The number of benzene rings is 1. The van der Waals surface area contributed by atoms with Crippen LogP contribution in [0, 0.1) is 6.92 Å². The fraction of sp³-hybridized carbons (Fsp3) is 0.217. The molecule has 5 nitrogen and oxygen atoms in total. The Morgan fingerprint density at radius 2 is 1.55 bits per heavy atom. The van der Waals surface area contributed by atoms with E-state index in [9.17, 15) is 0 Å². The molecule has 0 bridgehead atoms. The van der Waals surface area contributed by atoms with E-state index in [1.165, 1.54) is 17.0 Å². The van der Waals surface area contributed by atoms with Crippen molar-refractivity contribution >= 4 is 17.3 Å². The molecule has 1 aromatic carbocycles. The first-order valence-electron chi connectivity index (χ1n) is 9.71. The van der Waals surface area contributed by atoms with E-state index >= 15 is 0 Å². The molecule has 0 radical (unpaired) electrons. The first-order valence-corrected chi connectivity index (χ1v) is 10.6. The SMILES string of the molecule is Cc1ccc(-c2csc(C3(c4ccc(-c5cnc(N)nc5)cc4)CCC3)n2)cn1. The Morgan fingerprint density at radius 3 is 2.17 bits per heavy atom. The van der Waals surface area contributed by atoms with Crippen molar-refractivity contribution in [3.05, 3.63) is 76.6 Å². The summed E-state index contributed by atoms with van der Waals surface area (Å²) in [5.41, 5.74) is 12.1. The van der Waals surface area contributed by atoms with Gasteiger partial charge in [-0.25, -0.2) is 15.0 Å². The van der Waals surface area contributed by atoms with Crippen molar-refractivity contribution in [1.82, 2.24) is 19.9 Å². The molecule has 3 aromatic heterocycles. The highest BCUT2D eigenvalue weighted by Gasteiger charge is 2.42. The average molecular weight is 400 g/mol. The van der Waals surface area contributed by atoms with Crippen LogP contribution in [0.1, 0.15) is 35.5 Å². The second kappa shape index (κ2) is 7.04. The van der Waals surface area contributed by atoms with Gasteiger partial charge in [-0.3, -0.25) is 4.98 Å². The number of hydrogen-bond acceptors (Lipinski definition) is 6. The monoisotopic (exact) mass is 399 g/mol. The minimum Gasteiger partial charge on any atom is -0.368 e. The van der Waals surface area contributed by atoms with E-state index in [0.717, 1.165) is 40.9 Å². The summed E-state index contributed by atoms with van der Waals surface area (Å²) < 4.78 is 0. The number of nitrogen functional groups attached to an aromatic ring is 1. The predicted octanol–water partition coefficient (Wildman–Crippen LogP) is 5.02. The molecular weight excluding hydrogens is 378 g/mol. The zero-order valence-corrected chi connectivity index (χ0v) is 17.0. The normalized spacial score (nSPS) is 15.1. The number of aromatic nitrogens is 4. The van der Waals surface area contributed by atoms with Crippen molar-refractivity contribution in [2.45, 2.75) is 31.6 Å². The van der Waals surface area contributed by atoms with Crippen molar-refractivity contribution in [2.24, 2.45) is 0 Å². The molecule has 1 saturated carbocycles. The lowest BCUT2D eigenvalue weighted by Crippen LogP contribution is -2.35. The van der Waals surface area contributed by atoms with E-state index in [0.29, 0.717) is 5.95 Å². The van der Waals surface area contributed by atoms with Gasteiger partial charge in [0.05, 0.1) is 5.69 Å². The van der Waals surface area contributed by atoms with Gasteiger partial charge >= 0.3 is 0 Å². The molecule has 4 aromatic rings. The van der Waals surface area contributed by atoms with Gasteiger partial charge in [0.1, 0.15) is 5.01 Å². The molecule has 0 amide bonds. The summed E-state index contributed by atoms with van der Waals surface area (Å²) >= 11 is 1.76. The van der Waals surface area contributed by atoms with E-state index < -0.39 is 0 Å². The average Bonchev–Trinajstić information content (AvgIpc) is 3.19. The first-order chi connectivity index (χ1) is 14.1. The number of aryl methyl sites for hydroxylation is 1. The third-order valence-corrected chi connectivity index (χ3v) is 6.82. The van der Waals surface area contributed by atoms with Crippen LogP contribution in [0.5, 0.6) is 0 Å². The molecule has 1 fully saturated rings. The summed E-state index contributed by atoms with van der Waals surface area (Å²) in [6.07, 6.45) is 8.94. The molecule has 1 aliphatic rings. The maximum absolute atomic E-state index is 5.60. The number of pyridine rings is 1. The van der Waals surface area contributed by atoms with Crippen LogP contribution in [-0.2, 0) is 5.41 Å². The van der Waals surface area contributed by atoms with Gasteiger partial charge in [-0.15, -0.1) is 11.3 Å². The summed E-state index contributed by atoms with van der Waals surface area (Å²) in [5.74, 6) is 0.294. The first kappa shape index (κ1) is 17.9. The number of nitrogens with two attached hydrogens (primary N) is 1. The Labute approximate surface area is 173 Å². The van der Waals surface area contributed by atoms with Crippen molar-refractivity contribution in [1.29, 1.82) is 0 Å². The number of nitrogens with zero attached hydrogens (tertiary/aromatic N) is 4. The molecule has 29 heavy (non-hydrogen) atoms. The third kappa shape index (κ3) is 3.19. The standard InChI is InChI=1S/C23H21N5S/c1-15-3-4-17(11-25-15)20-14-29-21(28-20)23(9-2-10-23)19-7-5-16(6-8-19)18-12-26-22(24)27-13-18/h3-8,11-14H,2,9-10H2,1H3,(H2,24,26,27). The Morgan fingerprint density at radius 1 is 0.862 bits per heavy atom.